The molecule has 0 unspecified atom stereocenters. The number of halogens is 1. The Morgan fingerprint density at radius 1 is 1.05 bits per heavy atom. The van der Waals surface area contributed by atoms with Gasteiger partial charge in [0, 0.05) is 30.4 Å². The van der Waals surface area contributed by atoms with Gasteiger partial charge in [0.1, 0.15) is 5.82 Å². The normalized spacial score (nSPS) is 10.0. The zero-order valence-electron chi connectivity index (χ0n) is 11.9. The summed E-state index contributed by atoms with van der Waals surface area (Å²) in [5.74, 6) is -1.12. The highest BCUT2D eigenvalue weighted by molar-refractivity contribution is 5.96. The van der Waals surface area contributed by atoms with Crippen molar-refractivity contribution < 1.29 is 14.0 Å². The molecule has 1 heterocycles. The summed E-state index contributed by atoms with van der Waals surface area (Å²) in [4.78, 5) is 27.5. The van der Waals surface area contributed by atoms with Crippen molar-refractivity contribution >= 4 is 11.8 Å². The number of hydrogen-bond acceptors (Lipinski definition) is 3. The van der Waals surface area contributed by atoms with Crippen LogP contribution in [-0.2, 0) is 11.2 Å². The Labute approximate surface area is 127 Å². The maximum atomic E-state index is 12.7. The molecule has 0 aliphatic rings. The summed E-state index contributed by atoms with van der Waals surface area (Å²) in [5.41, 5.74) is 1.20. The number of aromatic nitrogens is 1. The fraction of sp³-hybridized carbons (Fsp3) is 0.188. The standard InChI is InChI=1S/C16H16FN3O2/c17-13-6-4-12(5-7-13)16(22)20-11-15(21)19-10-8-14-3-1-2-9-18-14/h1-7,9H,8,10-11H2,(H,19,21)(H,20,22). The van der Waals surface area contributed by atoms with E-state index in [4.69, 9.17) is 0 Å². The monoisotopic (exact) mass is 301 g/mol. The Balaban J connectivity index is 1.69. The van der Waals surface area contributed by atoms with E-state index >= 15 is 0 Å². The summed E-state index contributed by atoms with van der Waals surface area (Å²) in [6.07, 6.45) is 2.32. The van der Waals surface area contributed by atoms with Crippen LogP contribution in [0.15, 0.2) is 48.7 Å². The molecule has 0 aliphatic heterocycles. The number of carbonyl (C=O) groups excluding carboxylic acids is 2. The van der Waals surface area contributed by atoms with E-state index in [1.165, 1.54) is 24.3 Å². The van der Waals surface area contributed by atoms with Crippen LogP contribution in [0.25, 0.3) is 0 Å². The van der Waals surface area contributed by atoms with Gasteiger partial charge in [-0.05, 0) is 36.4 Å². The SMILES string of the molecule is O=C(CNC(=O)c1ccc(F)cc1)NCCc1ccccn1. The van der Waals surface area contributed by atoms with Crippen LogP contribution in [0.4, 0.5) is 4.39 Å². The highest BCUT2D eigenvalue weighted by Gasteiger charge is 2.07. The molecule has 0 bridgehead atoms. The van der Waals surface area contributed by atoms with E-state index in [1.807, 2.05) is 18.2 Å². The molecule has 5 nitrogen and oxygen atoms in total. The van der Waals surface area contributed by atoms with E-state index in [0.29, 0.717) is 18.5 Å². The van der Waals surface area contributed by atoms with Crippen molar-refractivity contribution in [3.63, 3.8) is 0 Å². The van der Waals surface area contributed by atoms with Gasteiger partial charge in [0.25, 0.3) is 5.91 Å². The van der Waals surface area contributed by atoms with Crippen molar-refractivity contribution in [3.05, 3.63) is 65.7 Å². The summed E-state index contributed by atoms with van der Waals surface area (Å²) < 4.78 is 12.7. The van der Waals surface area contributed by atoms with E-state index in [2.05, 4.69) is 15.6 Å². The lowest BCUT2D eigenvalue weighted by atomic mass is 10.2. The van der Waals surface area contributed by atoms with Crippen LogP contribution in [-0.4, -0.2) is 29.9 Å². The Morgan fingerprint density at radius 3 is 2.50 bits per heavy atom. The van der Waals surface area contributed by atoms with Crippen molar-refractivity contribution in [1.29, 1.82) is 0 Å². The molecule has 0 radical (unpaired) electrons. The first-order chi connectivity index (χ1) is 10.6. The molecule has 0 aliphatic carbocycles. The fourth-order valence-electron chi connectivity index (χ4n) is 1.80. The van der Waals surface area contributed by atoms with Gasteiger partial charge in [-0.15, -0.1) is 0 Å². The maximum Gasteiger partial charge on any atom is 0.251 e. The molecule has 1 aromatic heterocycles. The second-order valence-corrected chi connectivity index (χ2v) is 4.61. The number of benzene rings is 1. The lowest BCUT2D eigenvalue weighted by Gasteiger charge is -2.07. The number of carbonyl (C=O) groups is 2. The highest BCUT2D eigenvalue weighted by Crippen LogP contribution is 2.02. The number of nitrogens with one attached hydrogen (secondary N) is 2. The van der Waals surface area contributed by atoms with Gasteiger partial charge >= 0.3 is 0 Å². The zero-order valence-corrected chi connectivity index (χ0v) is 11.9. The molecular formula is C16H16FN3O2. The number of nitrogens with zero attached hydrogens (tertiary/aromatic N) is 1. The zero-order chi connectivity index (χ0) is 15.8. The van der Waals surface area contributed by atoms with Crippen molar-refractivity contribution in [2.24, 2.45) is 0 Å². The summed E-state index contributed by atoms with van der Waals surface area (Å²) in [6.45, 7) is 0.320. The predicted molar refractivity (Wildman–Crippen MR) is 79.7 cm³/mol. The van der Waals surface area contributed by atoms with Crippen LogP contribution in [0.3, 0.4) is 0 Å². The highest BCUT2D eigenvalue weighted by atomic mass is 19.1. The van der Waals surface area contributed by atoms with Crippen LogP contribution in [0.1, 0.15) is 16.1 Å². The van der Waals surface area contributed by atoms with E-state index in [-0.39, 0.29) is 12.5 Å². The molecule has 0 fully saturated rings. The number of rotatable bonds is 6. The molecule has 2 aromatic rings. The molecule has 6 heteroatoms. The van der Waals surface area contributed by atoms with Crippen LogP contribution in [0, 0.1) is 5.82 Å². The Kier molecular flexibility index (Phi) is 5.59. The van der Waals surface area contributed by atoms with Gasteiger partial charge in [-0.3, -0.25) is 14.6 Å². The number of pyridine rings is 1. The second-order valence-electron chi connectivity index (χ2n) is 4.61. The molecule has 2 N–H and O–H groups in total. The van der Waals surface area contributed by atoms with Crippen LogP contribution in [0.5, 0.6) is 0 Å². The quantitative estimate of drug-likeness (QED) is 0.845. The van der Waals surface area contributed by atoms with Gasteiger partial charge in [0.15, 0.2) is 0 Å². The van der Waals surface area contributed by atoms with Gasteiger partial charge in [0.05, 0.1) is 6.54 Å². The largest absolute Gasteiger partial charge is 0.354 e. The van der Waals surface area contributed by atoms with Gasteiger partial charge < -0.3 is 10.6 Å². The number of amides is 2. The fourth-order valence-corrected chi connectivity index (χ4v) is 1.80. The van der Waals surface area contributed by atoms with Gasteiger partial charge in [-0.1, -0.05) is 6.07 Å². The first-order valence-electron chi connectivity index (χ1n) is 6.85. The second kappa shape index (κ2) is 7.87. The van der Waals surface area contributed by atoms with Crippen LogP contribution < -0.4 is 10.6 Å². The molecule has 1 aromatic carbocycles. The minimum atomic E-state index is -0.417. The summed E-state index contributed by atoms with van der Waals surface area (Å²) in [7, 11) is 0. The third kappa shape index (κ3) is 4.97. The van der Waals surface area contributed by atoms with Crippen molar-refractivity contribution in [2.75, 3.05) is 13.1 Å². The smallest absolute Gasteiger partial charge is 0.251 e. The van der Waals surface area contributed by atoms with Crippen molar-refractivity contribution in [3.8, 4) is 0 Å². The summed E-state index contributed by atoms with van der Waals surface area (Å²) in [6, 6.07) is 10.7. The van der Waals surface area contributed by atoms with Crippen molar-refractivity contribution in [2.45, 2.75) is 6.42 Å². The average molecular weight is 301 g/mol. The molecule has 0 spiro atoms. The van der Waals surface area contributed by atoms with Gasteiger partial charge in [0.2, 0.25) is 5.91 Å². The first-order valence-corrected chi connectivity index (χ1v) is 6.85. The third-order valence-electron chi connectivity index (χ3n) is 2.95. The minimum absolute atomic E-state index is 0.127. The molecule has 114 valence electrons. The van der Waals surface area contributed by atoms with E-state index < -0.39 is 11.7 Å². The Bertz CT molecular complexity index is 630. The van der Waals surface area contributed by atoms with Crippen LogP contribution in [0.2, 0.25) is 0 Å². The molecule has 22 heavy (non-hydrogen) atoms. The van der Waals surface area contributed by atoms with E-state index in [0.717, 1.165) is 5.69 Å². The predicted octanol–water partition coefficient (Wildman–Crippen LogP) is 1.31. The molecule has 0 atom stereocenters. The molecular weight excluding hydrogens is 285 g/mol. The van der Waals surface area contributed by atoms with Gasteiger partial charge in [-0.2, -0.15) is 0 Å². The average Bonchev–Trinajstić information content (AvgIpc) is 2.54. The topological polar surface area (TPSA) is 71.1 Å². The van der Waals surface area contributed by atoms with E-state index in [1.54, 1.807) is 6.20 Å². The summed E-state index contributed by atoms with van der Waals surface area (Å²) in [5, 5.41) is 5.17. The Morgan fingerprint density at radius 2 is 1.82 bits per heavy atom. The molecule has 0 saturated heterocycles. The molecule has 2 amide bonds. The number of hydrogen-bond donors (Lipinski definition) is 2. The van der Waals surface area contributed by atoms with Crippen molar-refractivity contribution in [1.82, 2.24) is 15.6 Å². The lowest BCUT2D eigenvalue weighted by molar-refractivity contribution is -0.120. The first kappa shape index (κ1) is 15.6. The third-order valence-corrected chi connectivity index (χ3v) is 2.95. The maximum absolute atomic E-state index is 12.7. The summed E-state index contributed by atoms with van der Waals surface area (Å²) >= 11 is 0. The lowest BCUT2D eigenvalue weighted by Crippen LogP contribution is -2.37. The van der Waals surface area contributed by atoms with E-state index in [9.17, 15) is 14.0 Å². The molecule has 0 saturated carbocycles. The van der Waals surface area contributed by atoms with Gasteiger partial charge in [-0.25, -0.2) is 4.39 Å². The Hall–Kier alpha value is -2.76. The van der Waals surface area contributed by atoms with Crippen LogP contribution >= 0.6 is 0 Å². The molecule has 2 rings (SSSR count). The minimum Gasteiger partial charge on any atom is -0.354 e.